The second-order valence-corrected chi connectivity index (χ2v) is 7.91. The van der Waals surface area contributed by atoms with Crippen molar-refractivity contribution in [3.63, 3.8) is 0 Å². The molecular formula is C17H29IN4S. The molecule has 2 atom stereocenters. The van der Waals surface area contributed by atoms with Crippen LogP contribution in [0.5, 0.6) is 0 Å². The fourth-order valence-corrected chi connectivity index (χ4v) is 4.73. The fraction of sp³-hybridized carbons (Fsp3) is 0.765. The molecule has 0 aromatic carbocycles. The van der Waals surface area contributed by atoms with Crippen LogP contribution in [0.1, 0.15) is 48.2 Å². The SMILES string of the molecule is CCNC(=NCc1sc(C)nc1C)N1CC2CCCCC2C1.I. The molecule has 0 amide bonds. The molecule has 1 aromatic heterocycles. The summed E-state index contributed by atoms with van der Waals surface area (Å²) in [4.78, 5) is 13.2. The van der Waals surface area contributed by atoms with Gasteiger partial charge in [-0.15, -0.1) is 35.3 Å². The quantitative estimate of drug-likeness (QED) is 0.432. The van der Waals surface area contributed by atoms with Crippen LogP contribution in [0.15, 0.2) is 4.99 Å². The minimum atomic E-state index is 0. The zero-order valence-electron chi connectivity index (χ0n) is 14.5. The van der Waals surface area contributed by atoms with Crippen molar-refractivity contribution in [3.8, 4) is 0 Å². The van der Waals surface area contributed by atoms with Gasteiger partial charge in [-0.2, -0.15) is 0 Å². The highest BCUT2D eigenvalue weighted by atomic mass is 127. The van der Waals surface area contributed by atoms with Crippen molar-refractivity contribution in [2.75, 3.05) is 19.6 Å². The van der Waals surface area contributed by atoms with Gasteiger partial charge >= 0.3 is 0 Å². The van der Waals surface area contributed by atoms with Crippen LogP contribution in [0.25, 0.3) is 0 Å². The average molecular weight is 448 g/mol. The summed E-state index contributed by atoms with van der Waals surface area (Å²) >= 11 is 1.77. The van der Waals surface area contributed by atoms with Gasteiger partial charge in [0, 0.05) is 24.5 Å². The van der Waals surface area contributed by atoms with Gasteiger partial charge in [-0.3, -0.25) is 0 Å². The van der Waals surface area contributed by atoms with E-state index in [1.165, 1.54) is 43.6 Å². The lowest BCUT2D eigenvalue weighted by Crippen LogP contribution is -2.40. The van der Waals surface area contributed by atoms with Crippen LogP contribution in [0.4, 0.5) is 0 Å². The maximum atomic E-state index is 4.90. The van der Waals surface area contributed by atoms with E-state index < -0.39 is 0 Å². The number of nitrogens with zero attached hydrogens (tertiary/aromatic N) is 3. The van der Waals surface area contributed by atoms with Crippen LogP contribution in [-0.4, -0.2) is 35.5 Å². The van der Waals surface area contributed by atoms with Crippen LogP contribution < -0.4 is 5.32 Å². The molecule has 1 aliphatic carbocycles. The van der Waals surface area contributed by atoms with Crippen LogP contribution in [0.3, 0.4) is 0 Å². The molecule has 2 fully saturated rings. The predicted octanol–water partition coefficient (Wildman–Crippen LogP) is 3.97. The lowest BCUT2D eigenvalue weighted by Gasteiger charge is -2.22. The van der Waals surface area contributed by atoms with Crippen molar-refractivity contribution < 1.29 is 0 Å². The largest absolute Gasteiger partial charge is 0.357 e. The molecule has 1 saturated carbocycles. The summed E-state index contributed by atoms with van der Waals surface area (Å²) in [5.74, 6) is 2.89. The first-order valence-electron chi connectivity index (χ1n) is 8.63. The Kier molecular flexibility index (Phi) is 7.13. The normalized spacial score (nSPS) is 24.3. The average Bonchev–Trinajstić information content (AvgIpc) is 3.06. The predicted molar refractivity (Wildman–Crippen MR) is 109 cm³/mol. The molecule has 6 heteroatoms. The summed E-state index contributed by atoms with van der Waals surface area (Å²) in [5.41, 5.74) is 1.14. The number of aliphatic imine (C=N–C) groups is 1. The lowest BCUT2D eigenvalue weighted by atomic mass is 9.82. The second kappa shape index (κ2) is 8.65. The molecule has 3 rings (SSSR count). The van der Waals surface area contributed by atoms with E-state index in [1.807, 2.05) is 0 Å². The van der Waals surface area contributed by atoms with Crippen molar-refractivity contribution in [3.05, 3.63) is 15.6 Å². The Morgan fingerprint density at radius 2 is 1.91 bits per heavy atom. The van der Waals surface area contributed by atoms with Crippen molar-refractivity contribution >= 4 is 41.3 Å². The molecular weight excluding hydrogens is 419 g/mol. The molecule has 1 saturated heterocycles. The minimum absolute atomic E-state index is 0. The lowest BCUT2D eigenvalue weighted by molar-refractivity contribution is 0.299. The summed E-state index contributed by atoms with van der Waals surface area (Å²) in [6, 6.07) is 0. The third-order valence-electron chi connectivity index (χ3n) is 4.98. The molecule has 0 spiro atoms. The Labute approximate surface area is 161 Å². The maximum absolute atomic E-state index is 4.90. The van der Waals surface area contributed by atoms with Gasteiger partial charge in [0.05, 0.1) is 17.2 Å². The van der Waals surface area contributed by atoms with Crippen LogP contribution in [0, 0.1) is 25.7 Å². The number of hydrogen-bond donors (Lipinski definition) is 1. The molecule has 23 heavy (non-hydrogen) atoms. The van der Waals surface area contributed by atoms with Crippen LogP contribution in [0.2, 0.25) is 0 Å². The molecule has 2 aliphatic rings. The van der Waals surface area contributed by atoms with E-state index >= 15 is 0 Å². The van der Waals surface area contributed by atoms with E-state index in [0.29, 0.717) is 0 Å². The molecule has 1 aromatic rings. The number of thiazole rings is 1. The van der Waals surface area contributed by atoms with Crippen LogP contribution in [-0.2, 0) is 6.54 Å². The number of nitrogens with one attached hydrogen (secondary N) is 1. The molecule has 2 unspecified atom stereocenters. The van der Waals surface area contributed by atoms with E-state index in [9.17, 15) is 0 Å². The summed E-state index contributed by atoms with van der Waals surface area (Å²) in [5, 5.41) is 4.63. The van der Waals surface area contributed by atoms with E-state index in [-0.39, 0.29) is 24.0 Å². The van der Waals surface area contributed by atoms with E-state index in [2.05, 4.69) is 36.0 Å². The minimum Gasteiger partial charge on any atom is -0.357 e. The number of rotatable bonds is 3. The molecule has 1 N–H and O–H groups in total. The summed E-state index contributed by atoms with van der Waals surface area (Å²) in [6.45, 7) is 10.4. The zero-order chi connectivity index (χ0) is 15.5. The van der Waals surface area contributed by atoms with Gasteiger partial charge in [0.15, 0.2) is 5.96 Å². The van der Waals surface area contributed by atoms with E-state index in [0.717, 1.165) is 41.6 Å². The fourth-order valence-electron chi connectivity index (χ4n) is 3.87. The first-order valence-corrected chi connectivity index (χ1v) is 9.45. The Balaban J connectivity index is 0.00000192. The Bertz CT molecular complexity index is 529. The second-order valence-electron chi connectivity index (χ2n) is 6.62. The van der Waals surface area contributed by atoms with Gasteiger partial charge in [0.1, 0.15) is 0 Å². The van der Waals surface area contributed by atoms with Crippen LogP contribution >= 0.6 is 35.3 Å². The third kappa shape index (κ3) is 4.59. The molecule has 4 nitrogen and oxygen atoms in total. The number of likely N-dealkylation sites (tertiary alicyclic amines) is 1. The molecule has 0 radical (unpaired) electrons. The van der Waals surface area contributed by atoms with Crippen molar-refractivity contribution in [2.45, 2.75) is 53.0 Å². The van der Waals surface area contributed by atoms with E-state index in [4.69, 9.17) is 4.99 Å². The molecule has 1 aliphatic heterocycles. The van der Waals surface area contributed by atoms with Gasteiger partial charge in [-0.1, -0.05) is 12.8 Å². The number of aryl methyl sites for hydroxylation is 2. The topological polar surface area (TPSA) is 40.5 Å². The molecule has 2 heterocycles. The molecule has 130 valence electrons. The van der Waals surface area contributed by atoms with Gasteiger partial charge < -0.3 is 10.2 Å². The highest BCUT2D eigenvalue weighted by Crippen LogP contribution is 2.36. The van der Waals surface area contributed by atoms with Gasteiger partial charge in [0.25, 0.3) is 0 Å². The van der Waals surface area contributed by atoms with Crippen molar-refractivity contribution in [2.24, 2.45) is 16.8 Å². The monoisotopic (exact) mass is 448 g/mol. The molecule has 0 bridgehead atoms. The van der Waals surface area contributed by atoms with Gasteiger partial charge in [-0.25, -0.2) is 9.98 Å². The number of guanidine groups is 1. The van der Waals surface area contributed by atoms with E-state index in [1.54, 1.807) is 11.3 Å². The van der Waals surface area contributed by atoms with Gasteiger partial charge in [0.2, 0.25) is 0 Å². The summed E-state index contributed by atoms with van der Waals surface area (Å²) < 4.78 is 0. The standard InChI is InChI=1S/C17H28N4S.HI/c1-4-18-17(19-9-16-12(2)20-13(3)22-16)21-10-14-7-5-6-8-15(14)11-21;/h14-15H,4-11H2,1-3H3,(H,18,19);1H. The smallest absolute Gasteiger partial charge is 0.194 e. The number of hydrogen-bond acceptors (Lipinski definition) is 3. The third-order valence-corrected chi connectivity index (χ3v) is 6.04. The number of aromatic nitrogens is 1. The van der Waals surface area contributed by atoms with Gasteiger partial charge in [-0.05, 0) is 45.4 Å². The number of halogens is 1. The highest BCUT2D eigenvalue weighted by molar-refractivity contribution is 14.0. The van der Waals surface area contributed by atoms with Crippen molar-refractivity contribution in [1.82, 2.24) is 15.2 Å². The Morgan fingerprint density at radius 1 is 1.26 bits per heavy atom. The highest BCUT2D eigenvalue weighted by Gasteiger charge is 2.35. The summed E-state index contributed by atoms with van der Waals surface area (Å²) in [7, 11) is 0. The summed E-state index contributed by atoms with van der Waals surface area (Å²) in [6.07, 6.45) is 5.66. The number of fused-ring (bicyclic) bond motifs is 1. The first-order chi connectivity index (χ1) is 10.7. The maximum Gasteiger partial charge on any atom is 0.194 e. The Morgan fingerprint density at radius 3 is 2.43 bits per heavy atom. The Hall–Kier alpha value is -0.370. The van der Waals surface area contributed by atoms with Crippen molar-refractivity contribution in [1.29, 1.82) is 0 Å². The first kappa shape index (κ1) is 19.0. The zero-order valence-corrected chi connectivity index (χ0v) is 17.6.